The van der Waals surface area contributed by atoms with E-state index in [0.29, 0.717) is 0 Å². The molecule has 2 nitrogen and oxygen atoms in total. The van der Waals surface area contributed by atoms with Gasteiger partial charge in [0.2, 0.25) is 0 Å². The number of anilines is 1. The van der Waals surface area contributed by atoms with E-state index in [0.717, 1.165) is 12.0 Å². The van der Waals surface area contributed by atoms with E-state index in [1.807, 2.05) is 0 Å². The summed E-state index contributed by atoms with van der Waals surface area (Å²) in [5, 5.41) is 0. The van der Waals surface area contributed by atoms with Crippen LogP contribution in [0, 0.1) is 5.92 Å². The van der Waals surface area contributed by atoms with Gasteiger partial charge in [0.15, 0.2) is 0 Å². The van der Waals surface area contributed by atoms with E-state index in [1.165, 1.54) is 57.5 Å². The summed E-state index contributed by atoms with van der Waals surface area (Å²) in [5.74, 6) is 0.960. The Morgan fingerprint density at radius 2 is 1.47 bits per heavy atom. The van der Waals surface area contributed by atoms with Gasteiger partial charge in [0, 0.05) is 37.9 Å². The fraction of sp³-hybridized carbons (Fsp3) is 0.647. The first-order chi connectivity index (χ1) is 9.33. The maximum absolute atomic E-state index is 2.74. The first-order valence-electron chi connectivity index (χ1n) is 7.87. The van der Waals surface area contributed by atoms with E-state index in [4.69, 9.17) is 0 Å². The summed E-state index contributed by atoms with van der Waals surface area (Å²) in [6.07, 6.45) is 5.71. The van der Waals surface area contributed by atoms with Crippen LogP contribution in [0.2, 0.25) is 0 Å². The number of para-hydroxylation sites is 1. The quantitative estimate of drug-likeness (QED) is 0.802. The molecule has 0 spiro atoms. The van der Waals surface area contributed by atoms with Gasteiger partial charge in [0.1, 0.15) is 0 Å². The van der Waals surface area contributed by atoms with Crippen LogP contribution in [-0.2, 0) is 0 Å². The smallest absolute Gasteiger partial charge is 0.0367 e. The molecule has 0 unspecified atom stereocenters. The first-order valence-corrected chi connectivity index (χ1v) is 7.87. The molecule has 0 bridgehead atoms. The van der Waals surface area contributed by atoms with Crippen molar-refractivity contribution in [1.29, 1.82) is 0 Å². The van der Waals surface area contributed by atoms with Crippen molar-refractivity contribution >= 4 is 5.69 Å². The number of rotatable bonds is 2. The van der Waals surface area contributed by atoms with Gasteiger partial charge in [-0.25, -0.2) is 0 Å². The molecule has 3 rings (SSSR count). The zero-order valence-corrected chi connectivity index (χ0v) is 12.1. The van der Waals surface area contributed by atoms with Gasteiger partial charge in [-0.05, 0) is 43.7 Å². The molecule has 104 valence electrons. The van der Waals surface area contributed by atoms with Gasteiger partial charge in [0.05, 0.1) is 0 Å². The monoisotopic (exact) mass is 258 g/mol. The van der Waals surface area contributed by atoms with Gasteiger partial charge in [-0.3, -0.25) is 4.90 Å². The van der Waals surface area contributed by atoms with Crippen LogP contribution < -0.4 is 4.90 Å². The van der Waals surface area contributed by atoms with Gasteiger partial charge >= 0.3 is 0 Å². The Hall–Kier alpha value is -1.02. The van der Waals surface area contributed by atoms with Crippen LogP contribution >= 0.6 is 0 Å². The zero-order chi connectivity index (χ0) is 13.1. The summed E-state index contributed by atoms with van der Waals surface area (Å²) in [6.45, 7) is 7.28. The van der Waals surface area contributed by atoms with Crippen molar-refractivity contribution in [2.75, 3.05) is 31.1 Å². The molecule has 0 radical (unpaired) electrons. The molecule has 1 saturated carbocycles. The second kappa shape index (κ2) is 5.96. The number of piperazine rings is 1. The van der Waals surface area contributed by atoms with Crippen LogP contribution in [0.1, 0.15) is 32.6 Å². The summed E-state index contributed by atoms with van der Waals surface area (Å²) in [7, 11) is 0. The van der Waals surface area contributed by atoms with Gasteiger partial charge < -0.3 is 4.90 Å². The maximum Gasteiger partial charge on any atom is 0.0367 e. The Morgan fingerprint density at radius 1 is 0.842 bits per heavy atom. The highest BCUT2D eigenvalue weighted by Crippen LogP contribution is 2.28. The number of hydrogen-bond donors (Lipinski definition) is 0. The molecule has 1 saturated heterocycles. The van der Waals surface area contributed by atoms with E-state index < -0.39 is 0 Å². The van der Waals surface area contributed by atoms with Crippen LogP contribution in [-0.4, -0.2) is 37.1 Å². The van der Waals surface area contributed by atoms with Crippen LogP contribution in [0.25, 0.3) is 0 Å². The summed E-state index contributed by atoms with van der Waals surface area (Å²) in [5.41, 5.74) is 1.39. The van der Waals surface area contributed by atoms with Crippen LogP contribution in [0.5, 0.6) is 0 Å². The lowest BCUT2D eigenvalue weighted by molar-refractivity contribution is 0.133. The molecule has 2 aliphatic rings. The Balaban J connectivity index is 1.52. The fourth-order valence-corrected chi connectivity index (χ4v) is 3.59. The molecule has 19 heavy (non-hydrogen) atoms. The minimum absolute atomic E-state index is 0.870. The molecule has 1 aromatic rings. The normalized spacial score (nSPS) is 29.4. The highest BCUT2D eigenvalue weighted by atomic mass is 15.3. The average molecular weight is 258 g/mol. The topological polar surface area (TPSA) is 6.48 Å². The Bertz CT molecular complexity index is 374. The van der Waals surface area contributed by atoms with E-state index in [-0.39, 0.29) is 0 Å². The average Bonchev–Trinajstić information content (AvgIpc) is 2.49. The van der Waals surface area contributed by atoms with Gasteiger partial charge in [0.25, 0.3) is 0 Å². The molecule has 0 atom stereocenters. The van der Waals surface area contributed by atoms with Crippen LogP contribution in [0.15, 0.2) is 30.3 Å². The van der Waals surface area contributed by atoms with Crippen molar-refractivity contribution in [2.24, 2.45) is 5.92 Å². The third kappa shape index (κ3) is 3.11. The molecule has 1 heterocycles. The van der Waals surface area contributed by atoms with E-state index in [1.54, 1.807) is 0 Å². The first kappa shape index (κ1) is 13.0. The third-order valence-electron chi connectivity index (χ3n) is 4.94. The van der Waals surface area contributed by atoms with Crippen molar-refractivity contribution in [2.45, 2.75) is 38.6 Å². The van der Waals surface area contributed by atoms with E-state index in [9.17, 15) is 0 Å². The summed E-state index contributed by atoms with van der Waals surface area (Å²) in [4.78, 5) is 5.27. The molecule has 2 heteroatoms. The molecular formula is C17H26N2. The third-order valence-corrected chi connectivity index (χ3v) is 4.94. The molecule has 2 fully saturated rings. The Kier molecular flexibility index (Phi) is 4.07. The summed E-state index contributed by atoms with van der Waals surface area (Å²) < 4.78 is 0. The number of benzene rings is 1. The highest BCUT2D eigenvalue weighted by molar-refractivity contribution is 5.46. The second-order valence-electron chi connectivity index (χ2n) is 6.27. The van der Waals surface area contributed by atoms with Gasteiger partial charge in [-0.15, -0.1) is 0 Å². The largest absolute Gasteiger partial charge is 0.369 e. The van der Waals surface area contributed by atoms with Gasteiger partial charge in [-0.2, -0.15) is 0 Å². The number of hydrogen-bond acceptors (Lipinski definition) is 2. The molecule has 0 amide bonds. The van der Waals surface area contributed by atoms with Crippen molar-refractivity contribution in [3.05, 3.63) is 30.3 Å². The standard InChI is InChI=1S/C17H26N2/c1-15-7-9-17(10-8-15)19-13-11-18(12-14-19)16-5-3-2-4-6-16/h2-6,15,17H,7-14H2,1H3/t15-,17+. The van der Waals surface area contributed by atoms with Crippen molar-refractivity contribution < 1.29 is 0 Å². The highest BCUT2D eigenvalue weighted by Gasteiger charge is 2.26. The lowest BCUT2D eigenvalue weighted by Crippen LogP contribution is -2.51. The Labute approximate surface area is 117 Å². The Morgan fingerprint density at radius 3 is 2.11 bits per heavy atom. The van der Waals surface area contributed by atoms with Crippen LogP contribution in [0.3, 0.4) is 0 Å². The van der Waals surface area contributed by atoms with Gasteiger partial charge in [-0.1, -0.05) is 25.1 Å². The molecule has 0 aromatic heterocycles. The minimum Gasteiger partial charge on any atom is -0.369 e. The van der Waals surface area contributed by atoms with Crippen LogP contribution in [0.4, 0.5) is 5.69 Å². The zero-order valence-electron chi connectivity index (χ0n) is 12.1. The van der Waals surface area contributed by atoms with Crippen molar-refractivity contribution in [1.82, 2.24) is 4.90 Å². The van der Waals surface area contributed by atoms with E-state index >= 15 is 0 Å². The lowest BCUT2D eigenvalue weighted by atomic mass is 9.86. The second-order valence-corrected chi connectivity index (χ2v) is 6.27. The SMILES string of the molecule is C[C@H]1CC[C@@H](N2CCN(c3ccccc3)CC2)CC1. The van der Waals surface area contributed by atoms with E-state index in [2.05, 4.69) is 47.1 Å². The maximum atomic E-state index is 2.74. The summed E-state index contributed by atoms with van der Waals surface area (Å²) >= 11 is 0. The molecular weight excluding hydrogens is 232 g/mol. The predicted octanol–water partition coefficient (Wildman–Crippen LogP) is 3.39. The number of nitrogens with zero attached hydrogens (tertiary/aromatic N) is 2. The van der Waals surface area contributed by atoms with Crippen molar-refractivity contribution in [3.63, 3.8) is 0 Å². The fourth-order valence-electron chi connectivity index (χ4n) is 3.59. The molecule has 0 N–H and O–H groups in total. The molecule has 1 aliphatic carbocycles. The predicted molar refractivity (Wildman–Crippen MR) is 81.6 cm³/mol. The molecule has 1 aromatic carbocycles. The summed E-state index contributed by atoms with van der Waals surface area (Å²) in [6, 6.07) is 11.7. The minimum atomic E-state index is 0.870. The lowest BCUT2D eigenvalue weighted by Gasteiger charge is -2.42. The molecule has 1 aliphatic heterocycles. The van der Waals surface area contributed by atoms with Crippen molar-refractivity contribution in [3.8, 4) is 0 Å².